The maximum atomic E-state index is 12.9. The number of halogens is 3. The lowest BCUT2D eigenvalue weighted by molar-refractivity contribution is -0.137. The monoisotopic (exact) mass is 590 g/mol. The first-order valence-corrected chi connectivity index (χ1v) is 15.2. The average molecular weight is 591 g/mol. The molecular weight excluding hydrogens is 553 g/mol. The van der Waals surface area contributed by atoms with E-state index < -0.39 is 17.6 Å². The lowest BCUT2D eigenvalue weighted by atomic mass is 9.81. The fourth-order valence-electron chi connectivity index (χ4n) is 7.09. The van der Waals surface area contributed by atoms with Crippen LogP contribution in [0.25, 0.3) is 0 Å². The van der Waals surface area contributed by atoms with E-state index >= 15 is 0 Å². The van der Waals surface area contributed by atoms with Crippen molar-refractivity contribution in [1.82, 2.24) is 4.90 Å². The van der Waals surface area contributed by atoms with Crippen LogP contribution in [0.3, 0.4) is 0 Å². The Hall–Kier alpha value is -3.65. The summed E-state index contributed by atoms with van der Waals surface area (Å²) in [7, 11) is 0. The van der Waals surface area contributed by atoms with Crippen LogP contribution in [-0.4, -0.2) is 35.7 Å². The molecule has 3 aromatic carbocycles. The molecule has 2 saturated carbocycles. The Morgan fingerprint density at radius 2 is 1.53 bits per heavy atom. The molecular formula is C35H37F3N2O3. The number of likely N-dealkylation sites (tertiary alicyclic amines) is 1. The lowest BCUT2D eigenvalue weighted by Gasteiger charge is -2.36. The summed E-state index contributed by atoms with van der Waals surface area (Å²) in [5.74, 6) is 1.89. The van der Waals surface area contributed by atoms with Crippen LogP contribution in [-0.2, 0) is 22.4 Å². The summed E-state index contributed by atoms with van der Waals surface area (Å²) in [5.41, 5.74) is 1.80. The molecule has 1 heterocycles. The van der Waals surface area contributed by atoms with Crippen LogP contribution in [0.5, 0.6) is 5.75 Å². The van der Waals surface area contributed by atoms with E-state index in [-0.39, 0.29) is 30.2 Å². The van der Waals surface area contributed by atoms with Gasteiger partial charge in [0, 0.05) is 43.6 Å². The number of Topliss-reactive ketones (excluding diaryl/α,β-unsaturated/α-hetero) is 1. The molecule has 6 rings (SSSR count). The van der Waals surface area contributed by atoms with Crippen LogP contribution < -0.4 is 10.1 Å². The molecule has 2 aliphatic carbocycles. The van der Waals surface area contributed by atoms with Crippen molar-refractivity contribution in [2.24, 2.45) is 17.8 Å². The topological polar surface area (TPSA) is 58.6 Å². The second-order valence-corrected chi connectivity index (χ2v) is 12.2. The number of amides is 1. The number of carbonyl (C=O) groups excluding carboxylic acids is 2. The van der Waals surface area contributed by atoms with Gasteiger partial charge in [-0.15, -0.1) is 0 Å². The number of hydrogen-bond donors (Lipinski definition) is 1. The molecule has 0 aromatic heterocycles. The van der Waals surface area contributed by atoms with E-state index in [1.54, 1.807) is 0 Å². The van der Waals surface area contributed by atoms with Crippen molar-refractivity contribution in [3.8, 4) is 5.75 Å². The van der Waals surface area contributed by atoms with E-state index in [2.05, 4.69) is 46.6 Å². The lowest BCUT2D eigenvalue weighted by Crippen LogP contribution is -2.38. The molecule has 43 heavy (non-hydrogen) atoms. The maximum Gasteiger partial charge on any atom is 0.416 e. The molecule has 1 N–H and O–H groups in total. The number of fused-ring (bicyclic) bond motifs is 1. The number of benzene rings is 3. The molecule has 1 aliphatic heterocycles. The van der Waals surface area contributed by atoms with Gasteiger partial charge < -0.3 is 10.1 Å². The number of ketones is 1. The van der Waals surface area contributed by atoms with E-state index in [1.807, 2.05) is 18.2 Å². The van der Waals surface area contributed by atoms with Gasteiger partial charge in [-0.1, -0.05) is 48.5 Å². The van der Waals surface area contributed by atoms with E-state index in [4.69, 9.17) is 4.74 Å². The maximum absolute atomic E-state index is 12.9. The SMILES string of the molecule is O=C(CCC(=O)C1[C@H]2CN(C3CCC(c4ccc(OCc5ccccc5)cc4)CC3)C[C@@H]12)Nc1cccc(C(F)(F)F)c1. The van der Waals surface area contributed by atoms with Crippen LogP contribution in [0.1, 0.15) is 61.1 Å². The summed E-state index contributed by atoms with van der Waals surface area (Å²) < 4.78 is 44.7. The Bertz CT molecular complexity index is 1410. The Morgan fingerprint density at radius 3 is 2.21 bits per heavy atom. The highest BCUT2D eigenvalue weighted by molar-refractivity contribution is 5.94. The summed E-state index contributed by atoms with van der Waals surface area (Å²) in [6.45, 7) is 2.45. The quantitative estimate of drug-likeness (QED) is 0.266. The predicted molar refractivity (Wildman–Crippen MR) is 159 cm³/mol. The van der Waals surface area contributed by atoms with E-state index in [9.17, 15) is 22.8 Å². The number of ether oxygens (including phenoxy) is 1. The number of nitrogens with zero attached hydrogens (tertiary/aromatic N) is 1. The first-order valence-electron chi connectivity index (χ1n) is 15.2. The number of rotatable bonds is 10. The number of anilines is 1. The predicted octanol–water partition coefficient (Wildman–Crippen LogP) is 7.48. The molecule has 1 unspecified atom stereocenters. The van der Waals surface area contributed by atoms with Crippen molar-refractivity contribution in [2.45, 2.75) is 63.3 Å². The average Bonchev–Trinajstić information content (AvgIpc) is 3.52. The molecule has 1 amide bonds. The van der Waals surface area contributed by atoms with Gasteiger partial charge in [-0.05, 0) is 84.9 Å². The third-order valence-electron chi connectivity index (χ3n) is 9.48. The number of alkyl halides is 3. The first kappa shape index (κ1) is 29.4. The number of nitrogens with one attached hydrogen (secondary N) is 1. The van der Waals surface area contributed by atoms with Crippen molar-refractivity contribution in [3.63, 3.8) is 0 Å². The summed E-state index contributed by atoms with van der Waals surface area (Å²) in [6, 6.07) is 23.8. The van der Waals surface area contributed by atoms with Gasteiger partial charge in [0.25, 0.3) is 0 Å². The normalized spacial score (nSPS) is 25.1. The number of hydrogen-bond acceptors (Lipinski definition) is 4. The van der Waals surface area contributed by atoms with Crippen molar-refractivity contribution in [2.75, 3.05) is 18.4 Å². The minimum absolute atomic E-state index is 0.0150. The van der Waals surface area contributed by atoms with Crippen molar-refractivity contribution >= 4 is 17.4 Å². The molecule has 226 valence electrons. The minimum Gasteiger partial charge on any atom is -0.489 e. The molecule has 1 saturated heterocycles. The Kier molecular flexibility index (Phi) is 8.57. The van der Waals surface area contributed by atoms with Crippen molar-refractivity contribution in [1.29, 1.82) is 0 Å². The summed E-state index contributed by atoms with van der Waals surface area (Å²) in [6.07, 6.45) is 0.269. The Labute approximate surface area is 250 Å². The van der Waals surface area contributed by atoms with Crippen molar-refractivity contribution in [3.05, 3.63) is 95.6 Å². The third-order valence-corrected chi connectivity index (χ3v) is 9.48. The molecule has 3 aliphatic rings. The number of carbonyl (C=O) groups is 2. The standard InChI is InChI=1S/C35H37F3N2O3/c36-35(37,38)26-7-4-8-27(19-26)39-33(42)18-17-32(41)34-30-20-40(21-31(30)34)28-13-9-24(10-14-28)25-11-15-29(16-12-25)43-22-23-5-2-1-3-6-23/h1-8,11-12,15-16,19,24,28,30-31,34H,9-10,13-14,17-18,20-22H2,(H,39,42)/t24?,28?,30-,31+,34?. The molecule has 0 spiro atoms. The zero-order valence-electron chi connectivity index (χ0n) is 24.1. The van der Waals surface area contributed by atoms with E-state index in [1.165, 1.54) is 17.7 Å². The van der Waals surface area contributed by atoms with Gasteiger partial charge >= 0.3 is 6.18 Å². The van der Waals surface area contributed by atoms with Gasteiger partial charge in [0.2, 0.25) is 5.91 Å². The van der Waals surface area contributed by atoms with E-state index in [0.717, 1.165) is 62.2 Å². The highest BCUT2D eigenvalue weighted by atomic mass is 19.4. The molecule has 3 atom stereocenters. The first-order chi connectivity index (χ1) is 20.7. The van der Waals surface area contributed by atoms with Crippen LogP contribution in [0, 0.1) is 17.8 Å². The molecule has 3 fully saturated rings. The molecule has 3 aromatic rings. The largest absolute Gasteiger partial charge is 0.489 e. The van der Waals surface area contributed by atoms with Crippen LogP contribution in [0.15, 0.2) is 78.9 Å². The molecule has 0 bridgehead atoms. The smallest absolute Gasteiger partial charge is 0.416 e. The molecule has 5 nitrogen and oxygen atoms in total. The van der Waals surface area contributed by atoms with Gasteiger partial charge in [0.1, 0.15) is 18.1 Å². The number of piperidine rings is 1. The highest BCUT2D eigenvalue weighted by Crippen LogP contribution is 2.54. The summed E-state index contributed by atoms with van der Waals surface area (Å²) in [5, 5.41) is 2.49. The van der Waals surface area contributed by atoms with E-state index in [0.29, 0.717) is 30.4 Å². The zero-order chi connectivity index (χ0) is 30.0. The van der Waals surface area contributed by atoms with Gasteiger partial charge in [-0.2, -0.15) is 13.2 Å². The van der Waals surface area contributed by atoms with Gasteiger partial charge in [-0.25, -0.2) is 0 Å². The molecule has 8 heteroatoms. The van der Waals surface area contributed by atoms with Crippen LogP contribution in [0.4, 0.5) is 18.9 Å². The molecule has 0 radical (unpaired) electrons. The Morgan fingerprint density at radius 1 is 0.837 bits per heavy atom. The van der Waals surface area contributed by atoms with Gasteiger partial charge in [0.05, 0.1) is 5.56 Å². The minimum atomic E-state index is -4.47. The fourth-order valence-corrected chi connectivity index (χ4v) is 7.09. The van der Waals surface area contributed by atoms with Crippen molar-refractivity contribution < 1.29 is 27.5 Å². The second kappa shape index (κ2) is 12.5. The summed E-state index contributed by atoms with van der Waals surface area (Å²) in [4.78, 5) is 27.7. The van der Waals surface area contributed by atoms with Crippen LogP contribution >= 0.6 is 0 Å². The second-order valence-electron chi connectivity index (χ2n) is 12.2. The van der Waals surface area contributed by atoms with Gasteiger partial charge in [-0.3, -0.25) is 14.5 Å². The van der Waals surface area contributed by atoms with Gasteiger partial charge in [0.15, 0.2) is 0 Å². The van der Waals surface area contributed by atoms with Crippen LogP contribution in [0.2, 0.25) is 0 Å². The summed E-state index contributed by atoms with van der Waals surface area (Å²) >= 11 is 0. The fraction of sp³-hybridized carbons (Fsp3) is 0.429. The highest BCUT2D eigenvalue weighted by Gasteiger charge is 2.59. The Balaban J connectivity index is 0.897. The third kappa shape index (κ3) is 7.12. The zero-order valence-corrected chi connectivity index (χ0v) is 24.1.